The predicted molar refractivity (Wildman–Crippen MR) is 91.2 cm³/mol. The van der Waals surface area contributed by atoms with Crippen LogP contribution >= 0.6 is 0 Å². The maximum atomic E-state index is 5.63. The van der Waals surface area contributed by atoms with E-state index in [1.807, 2.05) is 25.1 Å². The molecule has 0 spiro atoms. The van der Waals surface area contributed by atoms with Gasteiger partial charge in [0.1, 0.15) is 6.61 Å². The van der Waals surface area contributed by atoms with Crippen molar-refractivity contribution in [3.05, 3.63) is 41.5 Å². The van der Waals surface area contributed by atoms with Gasteiger partial charge >= 0.3 is 0 Å². The van der Waals surface area contributed by atoms with Gasteiger partial charge in [-0.15, -0.1) is 6.42 Å². The molecule has 0 fully saturated rings. The summed E-state index contributed by atoms with van der Waals surface area (Å²) in [5.74, 6) is 3.89. The van der Waals surface area contributed by atoms with E-state index in [0.717, 1.165) is 30.8 Å². The lowest BCUT2D eigenvalue weighted by Gasteiger charge is -2.20. The van der Waals surface area contributed by atoms with Crippen molar-refractivity contribution in [2.75, 3.05) is 33.4 Å². The minimum atomic E-state index is 0.246. The molecule has 0 aromatic heterocycles. The standard InChI is InChI=1S/C19H23NO2/c1-4-14-22-18-9-8-17(15-19(18)21-5-2)7-6-16-10-12-20(3)13-11-16/h1,6-10,15H,5,11-14H2,2-3H3. The molecule has 0 amide bonds. The Morgan fingerprint density at radius 3 is 2.82 bits per heavy atom. The minimum Gasteiger partial charge on any atom is -0.490 e. The third-order valence-corrected chi connectivity index (χ3v) is 3.52. The first-order chi connectivity index (χ1) is 10.7. The normalized spacial score (nSPS) is 15.4. The SMILES string of the molecule is C#CCOc1ccc(C=CC2=CCN(C)CC2)cc1OCC. The van der Waals surface area contributed by atoms with Crippen molar-refractivity contribution in [1.29, 1.82) is 0 Å². The summed E-state index contributed by atoms with van der Waals surface area (Å²) < 4.78 is 11.1. The van der Waals surface area contributed by atoms with Crippen LogP contribution in [0.3, 0.4) is 0 Å². The summed E-state index contributed by atoms with van der Waals surface area (Å²) in [5.41, 5.74) is 2.47. The number of ether oxygens (including phenoxy) is 2. The lowest BCUT2D eigenvalue weighted by Crippen LogP contribution is -2.23. The van der Waals surface area contributed by atoms with Crippen molar-refractivity contribution >= 4 is 6.08 Å². The third-order valence-electron chi connectivity index (χ3n) is 3.52. The molecule has 3 nitrogen and oxygen atoms in total. The quantitative estimate of drug-likeness (QED) is 0.751. The van der Waals surface area contributed by atoms with Crippen LogP contribution in [-0.2, 0) is 0 Å². The number of rotatable bonds is 6. The predicted octanol–water partition coefficient (Wildman–Crippen LogP) is 3.37. The van der Waals surface area contributed by atoms with Gasteiger partial charge in [0.05, 0.1) is 6.61 Å². The van der Waals surface area contributed by atoms with Crippen molar-refractivity contribution < 1.29 is 9.47 Å². The highest BCUT2D eigenvalue weighted by Crippen LogP contribution is 2.29. The van der Waals surface area contributed by atoms with E-state index in [9.17, 15) is 0 Å². The van der Waals surface area contributed by atoms with E-state index in [2.05, 4.69) is 36.1 Å². The Bertz CT molecular complexity index is 596. The van der Waals surface area contributed by atoms with Crippen molar-refractivity contribution in [3.8, 4) is 23.8 Å². The van der Waals surface area contributed by atoms with E-state index < -0.39 is 0 Å². The molecule has 0 unspecified atom stereocenters. The van der Waals surface area contributed by atoms with Gasteiger partial charge in [-0.05, 0) is 43.7 Å². The van der Waals surface area contributed by atoms with E-state index in [1.165, 1.54) is 5.57 Å². The van der Waals surface area contributed by atoms with Crippen LogP contribution in [0.25, 0.3) is 6.08 Å². The summed E-state index contributed by atoms with van der Waals surface area (Å²) in [6.45, 7) is 4.92. The van der Waals surface area contributed by atoms with Crippen LogP contribution in [0.1, 0.15) is 18.9 Å². The average molecular weight is 297 g/mol. The molecule has 0 atom stereocenters. The second kappa shape index (κ2) is 8.31. The highest BCUT2D eigenvalue weighted by molar-refractivity contribution is 5.58. The topological polar surface area (TPSA) is 21.7 Å². The van der Waals surface area contributed by atoms with Gasteiger partial charge in [-0.3, -0.25) is 0 Å². The van der Waals surface area contributed by atoms with Crippen LogP contribution in [0.15, 0.2) is 35.9 Å². The Morgan fingerprint density at radius 2 is 2.14 bits per heavy atom. The molecule has 1 aromatic rings. The van der Waals surface area contributed by atoms with Crippen LogP contribution in [-0.4, -0.2) is 38.3 Å². The fourth-order valence-corrected chi connectivity index (χ4v) is 2.28. The molecule has 1 heterocycles. The van der Waals surface area contributed by atoms with Crippen LogP contribution in [0.2, 0.25) is 0 Å². The zero-order valence-corrected chi connectivity index (χ0v) is 13.3. The average Bonchev–Trinajstić information content (AvgIpc) is 2.54. The van der Waals surface area contributed by atoms with Crippen molar-refractivity contribution in [1.82, 2.24) is 4.90 Å². The second-order valence-electron chi connectivity index (χ2n) is 5.26. The van der Waals surface area contributed by atoms with Crippen molar-refractivity contribution in [2.24, 2.45) is 0 Å². The summed E-state index contributed by atoms with van der Waals surface area (Å²) >= 11 is 0. The van der Waals surface area contributed by atoms with Gasteiger partial charge < -0.3 is 14.4 Å². The zero-order chi connectivity index (χ0) is 15.8. The lowest BCUT2D eigenvalue weighted by atomic mass is 10.1. The molecule has 22 heavy (non-hydrogen) atoms. The van der Waals surface area contributed by atoms with E-state index in [-0.39, 0.29) is 6.61 Å². The van der Waals surface area contributed by atoms with Crippen molar-refractivity contribution in [3.63, 3.8) is 0 Å². The molecule has 116 valence electrons. The maximum absolute atomic E-state index is 5.63. The number of allylic oxidation sites excluding steroid dienone is 1. The fraction of sp³-hybridized carbons (Fsp3) is 0.368. The highest BCUT2D eigenvalue weighted by atomic mass is 16.5. The van der Waals surface area contributed by atoms with Crippen LogP contribution < -0.4 is 9.47 Å². The molecule has 2 rings (SSSR count). The third kappa shape index (κ3) is 4.68. The second-order valence-corrected chi connectivity index (χ2v) is 5.26. The number of hydrogen-bond donors (Lipinski definition) is 0. The summed E-state index contributed by atoms with van der Waals surface area (Å²) in [6.07, 6.45) is 12.9. The number of likely N-dealkylation sites (N-methyl/N-ethyl adjacent to an activating group) is 1. The molecule has 0 bridgehead atoms. The molecule has 0 N–H and O–H groups in total. The monoisotopic (exact) mass is 297 g/mol. The van der Waals surface area contributed by atoms with Crippen LogP contribution in [0, 0.1) is 12.3 Å². The van der Waals surface area contributed by atoms with Gasteiger partial charge in [-0.25, -0.2) is 0 Å². The molecule has 1 aliphatic heterocycles. The molecule has 0 saturated heterocycles. The molecule has 0 saturated carbocycles. The lowest BCUT2D eigenvalue weighted by molar-refractivity contribution is 0.299. The first-order valence-corrected chi connectivity index (χ1v) is 7.61. The fourth-order valence-electron chi connectivity index (χ4n) is 2.28. The van der Waals surface area contributed by atoms with Gasteiger partial charge in [-0.1, -0.05) is 30.2 Å². The number of nitrogens with zero attached hydrogens (tertiary/aromatic N) is 1. The summed E-state index contributed by atoms with van der Waals surface area (Å²) in [4.78, 5) is 2.31. The van der Waals surface area contributed by atoms with Crippen molar-refractivity contribution in [2.45, 2.75) is 13.3 Å². The summed E-state index contributed by atoms with van der Waals surface area (Å²) in [6, 6.07) is 5.91. The van der Waals surface area contributed by atoms with Crippen LogP contribution in [0.4, 0.5) is 0 Å². The Hall–Kier alpha value is -2.18. The molecule has 3 heteroatoms. The highest BCUT2D eigenvalue weighted by Gasteiger charge is 2.07. The van der Waals surface area contributed by atoms with Gasteiger partial charge in [0.2, 0.25) is 0 Å². The van der Waals surface area contributed by atoms with E-state index in [1.54, 1.807) is 0 Å². The Morgan fingerprint density at radius 1 is 1.27 bits per heavy atom. The molecule has 0 radical (unpaired) electrons. The number of benzene rings is 1. The molecule has 1 aromatic carbocycles. The summed E-state index contributed by atoms with van der Waals surface area (Å²) in [7, 11) is 2.14. The summed E-state index contributed by atoms with van der Waals surface area (Å²) in [5, 5.41) is 0. The van der Waals surface area contributed by atoms with Gasteiger partial charge in [0.15, 0.2) is 11.5 Å². The van der Waals surface area contributed by atoms with Gasteiger partial charge in [-0.2, -0.15) is 0 Å². The molecule has 0 aliphatic carbocycles. The Balaban J connectivity index is 2.11. The molecule has 1 aliphatic rings. The Kier molecular flexibility index (Phi) is 6.12. The Labute approximate surface area is 133 Å². The van der Waals surface area contributed by atoms with Gasteiger partial charge in [0, 0.05) is 13.1 Å². The number of hydrogen-bond acceptors (Lipinski definition) is 3. The minimum absolute atomic E-state index is 0.246. The van der Waals surface area contributed by atoms with E-state index >= 15 is 0 Å². The van der Waals surface area contributed by atoms with Gasteiger partial charge in [0.25, 0.3) is 0 Å². The van der Waals surface area contributed by atoms with E-state index in [0.29, 0.717) is 12.4 Å². The van der Waals surface area contributed by atoms with E-state index in [4.69, 9.17) is 15.9 Å². The smallest absolute Gasteiger partial charge is 0.162 e. The zero-order valence-electron chi connectivity index (χ0n) is 13.3. The largest absolute Gasteiger partial charge is 0.490 e. The molecular weight excluding hydrogens is 274 g/mol. The van der Waals surface area contributed by atoms with Crippen LogP contribution in [0.5, 0.6) is 11.5 Å². The number of terminal acetylenes is 1. The maximum Gasteiger partial charge on any atom is 0.162 e. The first-order valence-electron chi connectivity index (χ1n) is 7.61. The first kappa shape index (κ1) is 16.2. The molecular formula is C19H23NO2.